The minimum atomic E-state index is -4.41. The van der Waals surface area contributed by atoms with Crippen LogP contribution in [0.15, 0.2) is 30.6 Å². The fourth-order valence-electron chi connectivity index (χ4n) is 2.87. The summed E-state index contributed by atoms with van der Waals surface area (Å²) >= 11 is 0. The summed E-state index contributed by atoms with van der Waals surface area (Å²) in [7, 11) is 0. The number of nitrogens with zero attached hydrogens (tertiary/aromatic N) is 3. The second kappa shape index (κ2) is 11.8. The maximum absolute atomic E-state index is 14.9. The molecule has 0 aliphatic carbocycles. The van der Waals surface area contributed by atoms with E-state index in [0.717, 1.165) is 12.1 Å². The number of hydrogen-bond acceptors (Lipinski definition) is 7. The Labute approximate surface area is 178 Å². The summed E-state index contributed by atoms with van der Waals surface area (Å²) in [5, 5.41) is 24.2. The number of nitrogens with one attached hydrogen (secondary N) is 2. The fourth-order valence-corrected chi connectivity index (χ4v) is 2.87. The topological polar surface area (TPSA) is 93.5 Å². The van der Waals surface area contributed by atoms with Crippen molar-refractivity contribution in [1.29, 1.82) is 0 Å². The molecule has 0 unspecified atom stereocenters. The summed E-state index contributed by atoms with van der Waals surface area (Å²) in [5.41, 5.74) is -0.159. The van der Waals surface area contributed by atoms with Crippen molar-refractivity contribution in [1.82, 2.24) is 15.3 Å². The standard InChI is InChI=1S/C20H27F4N5O2/c1-2-29(12-14-3-5-15(6-4-14)20(22,23)24)19-17(21)18(27-13-28-19)26-8-7-16(31)11-25-9-10-30/h3-6,13,16,25,30-31H,2,7-12H2,1H3,(H,26,27,28)/t16-/m1/s1. The van der Waals surface area contributed by atoms with Crippen LogP contribution in [-0.4, -0.2) is 59.1 Å². The molecule has 0 amide bonds. The van der Waals surface area contributed by atoms with Crippen LogP contribution in [0.4, 0.5) is 29.2 Å². The quantitative estimate of drug-likeness (QED) is 0.295. The minimum absolute atomic E-state index is 0.0219. The van der Waals surface area contributed by atoms with Crippen LogP contribution in [0.5, 0.6) is 0 Å². The average molecular weight is 445 g/mol. The number of anilines is 2. The van der Waals surface area contributed by atoms with Crippen LogP contribution in [0, 0.1) is 5.82 Å². The first-order chi connectivity index (χ1) is 14.8. The molecular weight excluding hydrogens is 418 g/mol. The van der Waals surface area contributed by atoms with Gasteiger partial charge in [-0.15, -0.1) is 0 Å². The molecule has 1 atom stereocenters. The van der Waals surface area contributed by atoms with Crippen molar-refractivity contribution in [3.05, 3.63) is 47.5 Å². The third-order valence-corrected chi connectivity index (χ3v) is 4.55. The summed E-state index contributed by atoms with van der Waals surface area (Å²) < 4.78 is 53.1. The Morgan fingerprint density at radius 3 is 2.45 bits per heavy atom. The van der Waals surface area contributed by atoms with Crippen molar-refractivity contribution in [3.8, 4) is 0 Å². The lowest BCUT2D eigenvalue weighted by atomic mass is 10.1. The Kier molecular flexibility index (Phi) is 9.41. The van der Waals surface area contributed by atoms with E-state index in [1.54, 1.807) is 11.8 Å². The van der Waals surface area contributed by atoms with E-state index in [4.69, 9.17) is 5.11 Å². The third-order valence-electron chi connectivity index (χ3n) is 4.55. The number of rotatable bonds is 12. The zero-order valence-corrected chi connectivity index (χ0v) is 17.2. The molecule has 1 aromatic carbocycles. The first-order valence-electron chi connectivity index (χ1n) is 9.91. The second-order valence-electron chi connectivity index (χ2n) is 6.87. The molecule has 0 fully saturated rings. The van der Waals surface area contributed by atoms with Crippen LogP contribution >= 0.6 is 0 Å². The van der Waals surface area contributed by atoms with Gasteiger partial charge in [0.2, 0.25) is 5.82 Å². The summed E-state index contributed by atoms with van der Waals surface area (Å²) in [5.74, 6) is -0.666. The van der Waals surface area contributed by atoms with Crippen molar-refractivity contribution in [3.63, 3.8) is 0 Å². The maximum Gasteiger partial charge on any atom is 0.416 e. The molecule has 31 heavy (non-hydrogen) atoms. The molecule has 0 bridgehead atoms. The van der Waals surface area contributed by atoms with Crippen LogP contribution in [0.2, 0.25) is 0 Å². The number of halogens is 4. The van der Waals surface area contributed by atoms with Crippen LogP contribution in [-0.2, 0) is 12.7 Å². The zero-order valence-electron chi connectivity index (χ0n) is 17.2. The molecule has 2 aromatic rings. The van der Waals surface area contributed by atoms with Crippen molar-refractivity contribution in [2.75, 3.05) is 43.0 Å². The van der Waals surface area contributed by atoms with Crippen LogP contribution < -0.4 is 15.5 Å². The number of benzene rings is 1. The molecule has 7 nitrogen and oxygen atoms in total. The van der Waals surface area contributed by atoms with E-state index in [9.17, 15) is 22.7 Å². The smallest absolute Gasteiger partial charge is 0.395 e. The first-order valence-corrected chi connectivity index (χ1v) is 9.91. The van der Waals surface area contributed by atoms with Gasteiger partial charge in [0.1, 0.15) is 6.33 Å². The lowest BCUT2D eigenvalue weighted by molar-refractivity contribution is -0.137. The van der Waals surface area contributed by atoms with Gasteiger partial charge in [0.15, 0.2) is 11.6 Å². The van der Waals surface area contributed by atoms with Gasteiger partial charge < -0.3 is 25.7 Å². The molecule has 2 rings (SSSR count). The molecule has 0 radical (unpaired) electrons. The van der Waals surface area contributed by atoms with Gasteiger partial charge in [-0.05, 0) is 31.0 Å². The largest absolute Gasteiger partial charge is 0.416 e. The fraction of sp³-hybridized carbons (Fsp3) is 0.500. The normalized spacial score (nSPS) is 12.6. The predicted octanol–water partition coefficient (Wildman–Crippen LogP) is 2.41. The number of aliphatic hydroxyl groups excluding tert-OH is 2. The molecule has 0 saturated carbocycles. The summed E-state index contributed by atoms with van der Waals surface area (Å²) in [4.78, 5) is 9.48. The van der Waals surface area contributed by atoms with Crippen molar-refractivity contribution < 1.29 is 27.8 Å². The molecule has 1 aromatic heterocycles. The van der Waals surface area contributed by atoms with Gasteiger partial charge in [0, 0.05) is 32.7 Å². The summed E-state index contributed by atoms with van der Waals surface area (Å²) in [6.07, 6.45) is -3.55. The number of aliphatic hydroxyl groups is 2. The van der Waals surface area contributed by atoms with E-state index < -0.39 is 23.7 Å². The van der Waals surface area contributed by atoms with E-state index >= 15 is 0 Å². The number of aromatic nitrogens is 2. The Hall–Kier alpha value is -2.50. The molecule has 1 heterocycles. The van der Waals surface area contributed by atoms with Gasteiger partial charge in [-0.25, -0.2) is 9.97 Å². The summed E-state index contributed by atoms with van der Waals surface area (Å²) in [6, 6.07) is 4.70. The molecule has 0 spiro atoms. The maximum atomic E-state index is 14.9. The molecule has 0 saturated heterocycles. The van der Waals surface area contributed by atoms with E-state index in [1.165, 1.54) is 18.5 Å². The van der Waals surface area contributed by atoms with Gasteiger partial charge in [0.05, 0.1) is 18.3 Å². The Balaban J connectivity index is 2.01. The predicted molar refractivity (Wildman–Crippen MR) is 109 cm³/mol. The lowest BCUT2D eigenvalue weighted by Crippen LogP contribution is -2.30. The van der Waals surface area contributed by atoms with Crippen molar-refractivity contribution in [2.24, 2.45) is 0 Å². The van der Waals surface area contributed by atoms with E-state index in [1.807, 2.05) is 0 Å². The molecule has 0 aliphatic rings. The van der Waals surface area contributed by atoms with Crippen LogP contribution in [0.25, 0.3) is 0 Å². The highest BCUT2D eigenvalue weighted by Crippen LogP contribution is 2.29. The van der Waals surface area contributed by atoms with Gasteiger partial charge in [-0.2, -0.15) is 17.6 Å². The molecule has 4 N–H and O–H groups in total. The summed E-state index contributed by atoms with van der Waals surface area (Å²) in [6.45, 7) is 3.26. The molecule has 11 heteroatoms. The van der Waals surface area contributed by atoms with Gasteiger partial charge in [0.25, 0.3) is 0 Å². The van der Waals surface area contributed by atoms with E-state index in [2.05, 4.69) is 20.6 Å². The SMILES string of the molecule is CCN(Cc1ccc(C(F)(F)F)cc1)c1ncnc(NCC[C@@H](O)CNCCO)c1F. The number of hydrogen-bond donors (Lipinski definition) is 4. The van der Waals surface area contributed by atoms with Gasteiger partial charge >= 0.3 is 6.18 Å². The first kappa shape index (κ1) is 24.8. The van der Waals surface area contributed by atoms with E-state index in [0.29, 0.717) is 31.6 Å². The molecular formula is C20H27F4N5O2. The molecule has 0 aliphatic heterocycles. The highest BCUT2D eigenvalue weighted by atomic mass is 19.4. The van der Waals surface area contributed by atoms with Gasteiger partial charge in [-0.3, -0.25) is 0 Å². The average Bonchev–Trinajstić information content (AvgIpc) is 2.73. The highest BCUT2D eigenvalue weighted by Gasteiger charge is 2.30. The Bertz CT molecular complexity index is 805. The molecule has 172 valence electrons. The third kappa shape index (κ3) is 7.60. The van der Waals surface area contributed by atoms with Crippen molar-refractivity contribution >= 4 is 11.6 Å². The zero-order chi connectivity index (χ0) is 22.9. The monoisotopic (exact) mass is 445 g/mol. The van der Waals surface area contributed by atoms with Crippen LogP contribution in [0.1, 0.15) is 24.5 Å². The van der Waals surface area contributed by atoms with Crippen molar-refractivity contribution in [2.45, 2.75) is 32.2 Å². The lowest BCUT2D eigenvalue weighted by Gasteiger charge is -2.23. The Morgan fingerprint density at radius 1 is 1.13 bits per heavy atom. The minimum Gasteiger partial charge on any atom is -0.395 e. The van der Waals surface area contributed by atoms with Crippen LogP contribution in [0.3, 0.4) is 0 Å². The Morgan fingerprint density at radius 2 is 1.84 bits per heavy atom. The highest BCUT2D eigenvalue weighted by molar-refractivity contribution is 5.51. The second-order valence-corrected chi connectivity index (χ2v) is 6.87. The number of alkyl halides is 3. The van der Waals surface area contributed by atoms with E-state index in [-0.39, 0.29) is 31.3 Å². The van der Waals surface area contributed by atoms with Gasteiger partial charge in [-0.1, -0.05) is 12.1 Å².